The topological polar surface area (TPSA) is 72.0 Å². The third kappa shape index (κ3) is 4.99. The zero-order chi connectivity index (χ0) is 22.6. The highest BCUT2D eigenvalue weighted by Gasteiger charge is 2.33. The Labute approximate surface area is 200 Å². The predicted molar refractivity (Wildman–Crippen MR) is 128 cm³/mol. The molecule has 2 aliphatic rings. The lowest BCUT2D eigenvalue weighted by Crippen LogP contribution is -2.55. The van der Waals surface area contributed by atoms with Gasteiger partial charge in [0, 0.05) is 37.1 Å². The summed E-state index contributed by atoms with van der Waals surface area (Å²) in [6.45, 7) is 2.22. The van der Waals surface area contributed by atoms with Crippen LogP contribution in [0.1, 0.15) is 0 Å². The highest BCUT2D eigenvalue weighted by atomic mass is 32.2. The Bertz CT molecular complexity index is 1130. The van der Waals surface area contributed by atoms with Crippen molar-refractivity contribution in [3.05, 3.63) is 60.0 Å². The number of aromatic nitrogens is 1. The summed E-state index contributed by atoms with van der Waals surface area (Å²) in [5.74, 6) is 1.56. The van der Waals surface area contributed by atoms with Crippen LogP contribution in [-0.2, 0) is 9.59 Å². The van der Waals surface area contributed by atoms with Crippen LogP contribution in [0.25, 0.3) is 11.3 Å². The number of fused-ring (bicyclic) bond motifs is 1. The van der Waals surface area contributed by atoms with Crippen LogP contribution in [0.5, 0.6) is 11.5 Å². The monoisotopic (exact) mass is 481 g/mol. The average molecular weight is 482 g/mol. The number of piperazine rings is 1. The van der Waals surface area contributed by atoms with Gasteiger partial charge in [0.05, 0.1) is 11.4 Å². The Hall–Kier alpha value is -3.04. The van der Waals surface area contributed by atoms with Crippen molar-refractivity contribution in [2.45, 2.75) is 10.4 Å². The molecule has 33 heavy (non-hydrogen) atoms. The van der Waals surface area contributed by atoms with Crippen molar-refractivity contribution in [3.63, 3.8) is 0 Å². The third-order valence-electron chi connectivity index (χ3n) is 5.60. The fourth-order valence-electron chi connectivity index (χ4n) is 3.80. The molecule has 0 radical (unpaired) electrons. The average Bonchev–Trinajstić information content (AvgIpc) is 3.36. The molecule has 0 saturated carbocycles. The highest BCUT2D eigenvalue weighted by Crippen LogP contribution is 2.31. The van der Waals surface area contributed by atoms with Crippen LogP contribution in [0.4, 0.5) is 0 Å². The van der Waals surface area contributed by atoms with E-state index in [9.17, 15) is 9.59 Å². The van der Waals surface area contributed by atoms with E-state index in [0.29, 0.717) is 43.4 Å². The van der Waals surface area contributed by atoms with Crippen molar-refractivity contribution < 1.29 is 19.1 Å². The first-order chi connectivity index (χ1) is 16.2. The molecule has 2 amide bonds. The minimum absolute atomic E-state index is 0.0646. The van der Waals surface area contributed by atoms with E-state index in [1.807, 2.05) is 58.8 Å². The van der Waals surface area contributed by atoms with E-state index in [-0.39, 0.29) is 18.4 Å². The Morgan fingerprint density at radius 2 is 1.67 bits per heavy atom. The van der Waals surface area contributed by atoms with Gasteiger partial charge in [0.2, 0.25) is 12.0 Å². The summed E-state index contributed by atoms with van der Waals surface area (Å²) in [4.78, 5) is 33.8. The van der Waals surface area contributed by atoms with Crippen molar-refractivity contribution >= 4 is 34.9 Å². The number of benzene rings is 2. The second kappa shape index (κ2) is 9.84. The molecule has 3 heterocycles. The van der Waals surface area contributed by atoms with E-state index in [2.05, 4.69) is 4.98 Å². The summed E-state index contributed by atoms with van der Waals surface area (Å²) in [6.07, 6.45) is -0.651. The standard InChI is InChI=1S/C24H23N3O4S2/c28-22(16-33-24-25-18(15-32-24)17-6-2-1-3-7-17)26-10-12-27(13-11-26)23(29)21-14-30-19-8-4-5-9-20(19)31-21/h1-9,15,21H,10-14,16H2. The molecule has 9 heteroatoms. The minimum atomic E-state index is -0.651. The van der Waals surface area contributed by atoms with E-state index in [1.54, 1.807) is 22.3 Å². The normalized spacial score (nSPS) is 17.6. The molecule has 7 nitrogen and oxygen atoms in total. The molecule has 1 atom stereocenters. The van der Waals surface area contributed by atoms with Gasteiger partial charge in [0.25, 0.3) is 5.91 Å². The van der Waals surface area contributed by atoms with Crippen molar-refractivity contribution in [1.29, 1.82) is 0 Å². The van der Waals surface area contributed by atoms with E-state index in [1.165, 1.54) is 11.8 Å². The lowest BCUT2D eigenvalue weighted by atomic mass is 10.2. The number of nitrogens with zero attached hydrogens (tertiary/aromatic N) is 3. The van der Waals surface area contributed by atoms with Gasteiger partial charge >= 0.3 is 0 Å². The molecule has 0 spiro atoms. The molecule has 1 fully saturated rings. The zero-order valence-electron chi connectivity index (χ0n) is 17.9. The van der Waals surface area contributed by atoms with E-state index < -0.39 is 6.10 Å². The lowest BCUT2D eigenvalue weighted by molar-refractivity contribution is -0.145. The van der Waals surface area contributed by atoms with Crippen molar-refractivity contribution in [3.8, 4) is 22.8 Å². The minimum Gasteiger partial charge on any atom is -0.485 e. The molecule has 2 aliphatic heterocycles. The number of carbonyl (C=O) groups is 2. The van der Waals surface area contributed by atoms with Crippen molar-refractivity contribution in [1.82, 2.24) is 14.8 Å². The Balaban J connectivity index is 1.09. The summed E-state index contributed by atoms with van der Waals surface area (Å²) in [6, 6.07) is 17.4. The summed E-state index contributed by atoms with van der Waals surface area (Å²) in [7, 11) is 0. The smallest absolute Gasteiger partial charge is 0.267 e. The van der Waals surface area contributed by atoms with E-state index in [0.717, 1.165) is 15.6 Å². The zero-order valence-corrected chi connectivity index (χ0v) is 19.5. The quantitative estimate of drug-likeness (QED) is 0.520. The van der Waals surface area contributed by atoms with E-state index in [4.69, 9.17) is 9.47 Å². The Kier molecular flexibility index (Phi) is 6.50. The van der Waals surface area contributed by atoms with Gasteiger partial charge in [0.1, 0.15) is 6.61 Å². The molecule has 2 aromatic carbocycles. The molecule has 0 N–H and O–H groups in total. The number of para-hydroxylation sites is 2. The molecule has 3 aromatic rings. The van der Waals surface area contributed by atoms with Gasteiger partial charge < -0.3 is 19.3 Å². The molecule has 1 unspecified atom stereocenters. The van der Waals surface area contributed by atoms with Gasteiger partial charge in [-0.3, -0.25) is 9.59 Å². The molecular formula is C24H23N3O4S2. The maximum Gasteiger partial charge on any atom is 0.267 e. The van der Waals surface area contributed by atoms with Crippen LogP contribution in [0.15, 0.2) is 64.3 Å². The first-order valence-electron chi connectivity index (χ1n) is 10.8. The maximum atomic E-state index is 12.9. The van der Waals surface area contributed by atoms with Crippen molar-refractivity contribution in [2.75, 3.05) is 38.5 Å². The molecular weight excluding hydrogens is 458 g/mol. The summed E-state index contributed by atoms with van der Waals surface area (Å²) in [5, 5.41) is 2.02. The third-order valence-corrected chi connectivity index (χ3v) is 7.61. The molecule has 1 saturated heterocycles. The predicted octanol–water partition coefficient (Wildman–Crippen LogP) is 3.41. The summed E-state index contributed by atoms with van der Waals surface area (Å²) < 4.78 is 12.4. The van der Waals surface area contributed by atoms with Gasteiger partial charge in [0.15, 0.2) is 15.8 Å². The first kappa shape index (κ1) is 21.8. The maximum absolute atomic E-state index is 12.9. The lowest BCUT2D eigenvalue weighted by Gasteiger charge is -2.37. The van der Waals surface area contributed by atoms with Crippen LogP contribution in [0, 0.1) is 0 Å². The molecule has 1 aromatic heterocycles. The number of hydrogen-bond donors (Lipinski definition) is 0. The van der Waals surface area contributed by atoms with Gasteiger partial charge in [-0.15, -0.1) is 11.3 Å². The second-order valence-electron chi connectivity index (χ2n) is 7.72. The second-order valence-corrected chi connectivity index (χ2v) is 9.80. The summed E-state index contributed by atoms with van der Waals surface area (Å²) in [5.41, 5.74) is 2.00. The SMILES string of the molecule is O=C(CSc1nc(-c2ccccc2)cs1)N1CCN(C(=O)C2COc3ccccc3O2)CC1. The van der Waals surface area contributed by atoms with Crippen LogP contribution < -0.4 is 9.47 Å². The fraction of sp³-hybridized carbons (Fsp3) is 0.292. The van der Waals surface area contributed by atoms with Crippen LogP contribution >= 0.6 is 23.1 Å². The van der Waals surface area contributed by atoms with Gasteiger partial charge in [-0.05, 0) is 12.1 Å². The fourth-order valence-corrected chi connectivity index (χ4v) is 5.54. The number of thiazole rings is 1. The number of thioether (sulfide) groups is 1. The van der Waals surface area contributed by atoms with Crippen LogP contribution in [0.2, 0.25) is 0 Å². The van der Waals surface area contributed by atoms with Crippen LogP contribution in [-0.4, -0.2) is 71.2 Å². The Morgan fingerprint density at radius 1 is 0.970 bits per heavy atom. The van der Waals surface area contributed by atoms with Gasteiger partial charge in [-0.25, -0.2) is 4.98 Å². The van der Waals surface area contributed by atoms with Crippen LogP contribution in [0.3, 0.4) is 0 Å². The molecule has 0 bridgehead atoms. The van der Waals surface area contributed by atoms with Gasteiger partial charge in [-0.1, -0.05) is 54.2 Å². The van der Waals surface area contributed by atoms with Gasteiger partial charge in [-0.2, -0.15) is 0 Å². The molecule has 170 valence electrons. The molecule has 5 rings (SSSR count). The Morgan fingerprint density at radius 3 is 2.45 bits per heavy atom. The number of ether oxygens (including phenoxy) is 2. The summed E-state index contributed by atoms with van der Waals surface area (Å²) >= 11 is 3.01. The first-order valence-corrected chi connectivity index (χ1v) is 12.6. The number of amides is 2. The highest BCUT2D eigenvalue weighted by molar-refractivity contribution is 8.01. The van der Waals surface area contributed by atoms with E-state index >= 15 is 0 Å². The molecule has 0 aliphatic carbocycles. The number of rotatable bonds is 5. The number of hydrogen-bond acceptors (Lipinski definition) is 7. The largest absolute Gasteiger partial charge is 0.485 e. The van der Waals surface area contributed by atoms with Crippen molar-refractivity contribution in [2.24, 2.45) is 0 Å². The number of carbonyl (C=O) groups excluding carboxylic acids is 2.